The molecule has 2 atom stereocenters. The van der Waals surface area contributed by atoms with Gasteiger partial charge in [0.25, 0.3) is 0 Å². The Morgan fingerprint density at radius 1 is 1.12 bits per heavy atom. The maximum atomic E-state index is 12.4. The summed E-state index contributed by atoms with van der Waals surface area (Å²) in [5.41, 5.74) is 7.81. The van der Waals surface area contributed by atoms with E-state index < -0.39 is 0 Å². The van der Waals surface area contributed by atoms with Crippen molar-refractivity contribution in [1.82, 2.24) is 19.8 Å². The van der Waals surface area contributed by atoms with E-state index in [4.69, 9.17) is 17.0 Å². The SMILES string of the molecule is CCOC(=O)CN1C(=S)N[C@H](c2ccccn2)[C@@H]1c1cc(C)n(-c2cc(C)cc(C)c2)c1C. The Morgan fingerprint density at radius 2 is 1.85 bits per heavy atom. The zero-order chi connectivity index (χ0) is 23.7. The maximum Gasteiger partial charge on any atom is 0.325 e. The second-order valence-corrected chi connectivity index (χ2v) is 8.95. The van der Waals surface area contributed by atoms with Crippen molar-refractivity contribution in [2.45, 2.75) is 46.7 Å². The van der Waals surface area contributed by atoms with Crippen LogP contribution in [-0.4, -0.2) is 38.7 Å². The Labute approximate surface area is 200 Å². The first-order valence-corrected chi connectivity index (χ1v) is 11.6. The van der Waals surface area contributed by atoms with E-state index in [1.807, 2.05) is 30.0 Å². The monoisotopic (exact) mass is 462 g/mol. The number of hydrogen-bond donors (Lipinski definition) is 1. The molecule has 2 aromatic heterocycles. The summed E-state index contributed by atoms with van der Waals surface area (Å²) in [6, 6.07) is 14.2. The molecule has 7 heteroatoms. The number of nitrogens with zero attached hydrogens (tertiary/aromatic N) is 3. The van der Waals surface area contributed by atoms with E-state index in [0.29, 0.717) is 11.7 Å². The minimum Gasteiger partial charge on any atom is -0.465 e. The van der Waals surface area contributed by atoms with E-state index in [-0.39, 0.29) is 24.6 Å². The number of carbonyl (C=O) groups excluding carboxylic acids is 1. The molecule has 1 aromatic carbocycles. The average Bonchev–Trinajstić information content (AvgIpc) is 3.23. The van der Waals surface area contributed by atoms with Gasteiger partial charge >= 0.3 is 5.97 Å². The van der Waals surface area contributed by atoms with Gasteiger partial charge < -0.3 is 19.5 Å². The third-order valence-electron chi connectivity index (χ3n) is 6.06. The van der Waals surface area contributed by atoms with Crippen molar-refractivity contribution >= 4 is 23.3 Å². The fraction of sp³-hybridized carbons (Fsp3) is 0.346. The summed E-state index contributed by atoms with van der Waals surface area (Å²) in [4.78, 5) is 19.0. The number of pyridine rings is 1. The highest BCUT2D eigenvalue weighted by molar-refractivity contribution is 7.80. The highest BCUT2D eigenvalue weighted by Crippen LogP contribution is 2.41. The van der Waals surface area contributed by atoms with Crippen LogP contribution in [0.3, 0.4) is 0 Å². The van der Waals surface area contributed by atoms with Gasteiger partial charge in [-0.05, 0) is 93.9 Å². The number of aryl methyl sites for hydroxylation is 3. The molecular weight excluding hydrogens is 432 g/mol. The first-order valence-electron chi connectivity index (χ1n) is 11.2. The summed E-state index contributed by atoms with van der Waals surface area (Å²) in [7, 11) is 0. The molecule has 1 fully saturated rings. The zero-order valence-electron chi connectivity index (χ0n) is 19.8. The number of aromatic nitrogens is 2. The smallest absolute Gasteiger partial charge is 0.325 e. The molecule has 1 aliphatic heterocycles. The molecule has 0 spiro atoms. The number of ether oxygens (including phenoxy) is 1. The van der Waals surface area contributed by atoms with Crippen LogP contribution < -0.4 is 5.32 Å². The van der Waals surface area contributed by atoms with Crippen LogP contribution in [-0.2, 0) is 9.53 Å². The van der Waals surface area contributed by atoms with Crippen LogP contribution in [0.1, 0.15) is 52.8 Å². The van der Waals surface area contributed by atoms with Crippen LogP contribution in [0, 0.1) is 27.7 Å². The van der Waals surface area contributed by atoms with E-state index in [2.05, 4.69) is 66.8 Å². The Bertz CT molecular complexity index is 1170. The quantitative estimate of drug-likeness (QED) is 0.425. The van der Waals surface area contributed by atoms with Gasteiger partial charge in [-0.3, -0.25) is 9.78 Å². The Kier molecular flexibility index (Phi) is 6.51. The van der Waals surface area contributed by atoms with Gasteiger partial charge in [0.2, 0.25) is 0 Å². The highest BCUT2D eigenvalue weighted by Gasteiger charge is 2.42. The van der Waals surface area contributed by atoms with Gasteiger partial charge in [-0.2, -0.15) is 0 Å². The van der Waals surface area contributed by atoms with Crippen LogP contribution >= 0.6 is 12.2 Å². The summed E-state index contributed by atoms with van der Waals surface area (Å²) in [6.45, 7) is 10.7. The number of benzene rings is 1. The summed E-state index contributed by atoms with van der Waals surface area (Å²) < 4.78 is 7.52. The lowest BCUT2D eigenvalue weighted by Gasteiger charge is -2.27. The van der Waals surface area contributed by atoms with Crippen LogP contribution in [0.4, 0.5) is 0 Å². The fourth-order valence-electron chi connectivity index (χ4n) is 4.82. The molecule has 0 unspecified atom stereocenters. The largest absolute Gasteiger partial charge is 0.465 e. The Morgan fingerprint density at radius 3 is 2.48 bits per heavy atom. The average molecular weight is 463 g/mol. The summed E-state index contributed by atoms with van der Waals surface area (Å²) >= 11 is 5.68. The molecule has 3 heterocycles. The number of hydrogen-bond acceptors (Lipinski definition) is 4. The van der Waals surface area contributed by atoms with Crippen LogP contribution in [0.5, 0.6) is 0 Å². The summed E-state index contributed by atoms with van der Waals surface area (Å²) in [5, 5.41) is 3.94. The number of nitrogens with one attached hydrogen (secondary N) is 1. The normalized spacial score (nSPS) is 17.8. The third-order valence-corrected chi connectivity index (χ3v) is 6.41. The Hall–Kier alpha value is -3.19. The second-order valence-electron chi connectivity index (χ2n) is 8.57. The molecule has 3 aromatic rings. The van der Waals surface area contributed by atoms with E-state index in [9.17, 15) is 4.79 Å². The maximum absolute atomic E-state index is 12.4. The van der Waals surface area contributed by atoms with E-state index >= 15 is 0 Å². The highest BCUT2D eigenvalue weighted by atomic mass is 32.1. The van der Waals surface area contributed by atoms with E-state index in [1.54, 1.807) is 6.20 Å². The molecule has 1 N–H and O–H groups in total. The van der Waals surface area contributed by atoms with Crippen LogP contribution in [0.25, 0.3) is 5.69 Å². The topological polar surface area (TPSA) is 59.4 Å². The lowest BCUT2D eigenvalue weighted by Crippen LogP contribution is -2.35. The molecule has 33 heavy (non-hydrogen) atoms. The van der Waals surface area contributed by atoms with Gasteiger partial charge in [-0.25, -0.2) is 0 Å². The number of carbonyl (C=O) groups is 1. The van der Waals surface area contributed by atoms with Gasteiger partial charge in [0.05, 0.1) is 24.4 Å². The molecule has 1 saturated heterocycles. The minimum absolute atomic E-state index is 0.0842. The van der Waals surface area contributed by atoms with Gasteiger partial charge in [0, 0.05) is 23.3 Å². The molecule has 6 nitrogen and oxygen atoms in total. The van der Waals surface area contributed by atoms with Gasteiger partial charge in [0.1, 0.15) is 6.54 Å². The van der Waals surface area contributed by atoms with Crippen molar-refractivity contribution in [2.24, 2.45) is 0 Å². The molecular formula is C26H30N4O2S. The predicted octanol–water partition coefficient (Wildman–Crippen LogP) is 4.64. The number of esters is 1. The molecule has 0 amide bonds. The summed E-state index contributed by atoms with van der Waals surface area (Å²) in [6.07, 6.45) is 1.78. The molecule has 1 aliphatic rings. The lowest BCUT2D eigenvalue weighted by atomic mass is 9.97. The first kappa shape index (κ1) is 23.0. The van der Waals surface area contributed by atoms with E-state index in [0.717, 1.165) is 28.3 Å². The molecule has 4 rings (SSSR count). The van der Waals surface area contributed by atoms with E-state index in [1.165, 1.54) is 11.1 Å². The third kappa shape index (κ3) is 4.50. The van der Waals surface area contributed by atoms with Gasteiger partial charge in [0.15, 0.2) is 5.11 Å². The minimum atomic E-state index is -0.295. The number of rotatable bonds is 6. The molecule has 0 bridgehead atoms. The Balaban J connectivity index is 1.83. The lowest BCUT2D eigenvalue weighted by molar-refractivity contribution is -0.143. The molecule has 0 radical (unpaired) electrons. The van der Waals surface area contributed by atoms with Crippen molar-refractivity contribution < 1.29 is 9.53 Å². The number of thiocarbonyl (C=S) groups is 1. The first-order chi connectivity index (χ1) is 15.8. The zero-order valence-corrected chi connectivity index (χ0v) is 20.6. The molecule has 0 saturated carbocycles. The van der Waals surface area contributed by atoms with Crippen molar-refractivity contribution in [3.05, 3.63) is 82.4 Å². The van der Waals surface area contributed by atoms with Gasteiger partial charge in [-0.15, -0.1) is 0 Å². The molecule has 0 aliphatic carbocycles. The second kappa shape index (κ2) is 9.35. The standard InChI is InChI=1S/C26H30N4O2S/c1-6-32-23(31)15-29-25(24(28-26(29)33)22-9-7-8-10-27-22)21-14-18(4)30(19(21)5)20-12-16(2)11-17(3)13-20/h7-14,24-25H,6,15H2,1-5H3,(H,28,33)/t24-,25+/m1/s1. The van der Waals surface area contributed by atoms with Crippen molar-refractivity contribution in [3.8, 4) is 5.69 Å². The van der Waals surface area contributed by atoms with Crippen LogP contribution in [0.15, 0.2) is 48.7 Å². The van der Waals surface area contributed by atoms with Crippen molar-refractivity contribution in [1.29, 1.82) is 0 Å². The molecule has 172 valence electrons. The van der Waals surface area contributed by atoms with Crippen molar-refractivity contribution in [2.75, 3.05) is 13.2 Å². The fourth-order valence-corrected chi connectivity index (χ4v) is 5.13. The predicted molar refractivity (Wildman–Crippen MR) is 134 cm³/mol. The van der Waals surface area contributed by atoms with Gasteiger partial charge in [-0.1, -0.05) is 12.1 Å². The summed E-state index contributed by atoms with van der Waals surface area (Å²) in [5.74, 6) is -0.295. The van der Waals surface area contributed by atoms with Crippen LogP contribution in [0.2, 0.25) is 0 Å². The van der Waals surface area contributed by atoms with Crippen molar-refractivity contribution in [3.63, 3.8) is 0 Å².